The average Bonchev–Trinajstić information content (AvgIpc) is 3.74. The van der Waals surface area contributed by atoms with Crippen molar-refractivity contribution in [1.29, 1.82) is 0 Å². The van der Waals surface area contributed by atoms with E-state index in [2.05, 4.69) is 143 Å². The van der Waals surface area contributed by atoms with E-state index in [0.29, 0.717) is 0 Å². The largest absolute Gasteiger partial charge is 0.344 e. The van der Waals surface area contributed by atoms with Crippen LogP contribution in [0.4, 0.5) is 0 Å². The lowest BCUT2D eigenvalue weighted by Gasteiger charge is -2.24. The topological polar surface area (TPSA) is 41.7 Å². The Kier molecular flexibility index (Phi) is 6.71. The number of nitrogens with one attached hydrogen (secondary N) is 1. The number of benzene rings is 7. The third kappa shape index (κ3) is 4.74. The van der Waals surface area contributed by atoms with E-state index >= 15 is 0 Å². The number of para-hydroxylation sites is 1. The molecule has 0 saturated heterocycles. The average molecular weight is 659 g/mol. The second-order valence-corrected chi connectivity index (χ2v) is 13.7. The van der Waals surface area contributed by atoms with Gasteiger partial charge in [0.15, 0.2) is 5.84 Å². The van der Waals surface area contributed by atoms with Crippen LogP contribution in [0.2, 0.25) is 0 Å². The van der Waals surface area contributed by atoms with Crippen LogP contribution in [0, 0.1) is 0 Å². The molecule has 7 aromatic carbocycles. The number of amidine groups is 2. The first kappa shape index (κ1) is 28.7. The molecule has 0 bridgehead atoms. The lowest BCUT2D eigenvalue weighted by atomic mass is 9.98. The Bertz CT molecular complexity index is 2770. The fourth-order valence-electron chi connectivity index (χ4n) is 7.32. The van der Waals surface area contributed by atoms with Crippen molar-refractivity contribution in [2.24, 2.45) is 9.98 Å². The zero-order valence-electron chi connectivity index (χ0n) is 27.0. The monoisotopic (exact) mass is 658 g/mol. The van der Waals surface area contributed by atoms with Crippen molar-refractivity contribution >= 4 is 65.0 Å². The molecule has 2 aromatic heterocycles. The number of fused-ring (bicyclic) bond motifs is 6. The van der Waals surface area contributed by atoms with Crippen molar-refractivity contribution in [1.82, 2.24) is 9.88 Å². The van der Waals surface area contributed by atoms with E-state index in [0.717, 1.165) is 28.4 Å². The van der Waals surface area contributed by atoms with Crippen LogP contribution in [0.25, 0.3) is 58.8 Å². The van der Waals surface area contributed by atoms with Gasteiger partial charge in [0.05, 0.1) is 11.0 Å². The number of aromatic nitrogens is 1. The molecule has 1 unspecified atom stereocenters. The molecule has 1 aliphatic heterocycles. The Hall–Kier alpha value is -6.30. The first-order valence-electron chi connectivity index (χ1n) is 16.9. The SMILES string of the molecule is c1ccc(C2=NC(c3ccc(-c4cccc5c4c4ccccc4n5-c4ccc5sc6ccccc6c5c4)cc3)NC(c3ccccc3)=N2)cc1. The van der Waals surface area contributed by atoms with Gasteiger partial charge in [0.2, 0.25) is 0 Å². The van der Waals surface area contributed by atoms with Gasteiger partial charge < -0.3 is 9.88 Å². The lowest BCUT2D eigenvalue weighted by molar-refractivity contribution is 0.674. The van der Waals surface area contributed by atoms with Gasteiger partial charge in [-0.25, -0.2) is 9.98 Å². The molecule has 0 fully saturated rings. The molecule has 10 rings (SSSR count). The molecule has 0 aliphatic carbocycles. The Labute approximate surface area is 293 Å². The van der Waals surface area contributed by atoms with Crippen LogP contribution in [-0.4, -0.2) is 16.2 Å². The standard InChI is InChI=1S/C45H30N4S/c1-3-12-30(13-4-1)43-46-44(31-14-5-2-6-15-31)48-45(47-43)32-24-22-29(23-25-32)34-18-11-20-39-42(34)36-17-7-9-19-38(36)49(39)33-26-27-41-37(28-33)35-16-8-10-21-40(35)50-41/h1-28,45H,(H,46,47,48). The molecule has 0 radical (unpaired) electrons. The number of nitrogens with zero attached hydrogens (tertiary/aromatic N) is 3. The van der Waals surface area contributed by atoms with Gasteiger partial charge in [-0.2, -0.15) is 0 Å². The van der Waals surface area contributed by atoms with E-state index < -0.39 is 0 Å². The van der Waals surface area contributed by atoms with E-state index in [1.54, 1.807) is 0 Å². The molecule has 4 nitrogen and oxygen atoms in total. The number of hydrogen-bond acceptors (Lipinski definition) is 4. The summed E-state index contributed by atoms with van der Waals surface area (Å²) in [6, 6.07) is 60.4. The number of aliphatic imine (C=N–C) groups is 2. The van der Waals surface area contributed by atoms with Crippen molar-refractivity contribution in [3.05, 3.63) is 187 Å². The summed E-state index contributed by atoms with van der Waals surface area (Å²) >= 11 is 1.86. The first-order chi connectivity index (χ1) is 24.8. The van der Waals surface area contributed by atoms with Gasteiger partial charge in [-0.15, -0.1) is 11.3 Å². The highest BCUT2D eigenvalue weighted by molar-refractivity contribution is 7.25. The van der Waals surface area contributed by atoms with E-state index in [-0.39, 0.29) is 6.17 Å². The van der Waals surface area contributed by atoms with E-state index in [1.165, 1.54) is 58.8 Å². The van der Waals surface area contributed by atoms with Crippen LogP contribution in [0.1, 0.15) is 22.9 Å². The smallest absolute Gasteiger partial charge is 0.159 e. The normalized spacial score (nSPS) is 14.6. The maximum atomic E-state index is 5.08. The molecule has 0 amide bonds. The molecule has 1 aliphatic rings. The third-order valence-electron chi connectivity index (χ3n) is 9.68. The number of thiophene rings is 1. The summed E-state index contributed by atoms with van der Waals surface area (Å²) < 4.78 is 5.05. The maximum absolute atomic E-state index is 5.08. The predicted octanol–water partition coefficient (Wildman–Crippen LogP) is 11.3. The summed E-state index contributed by atoms with van der Waals surface area (Å²) in [4.78, 5) is 10.0. The highest BCUT2D eigenvalue weighted by Gasteiger charge is 2.22. The molecule has 9 aromatic rings. The number of rotatable bonds is 5. The third-order valence-corrected chi connectivity index (χ3v) is 10.8. The van der Waals surface area contributed by atoms with Crippen molar-refractivity contribution in [3.8, 4) is 16.8 Å². The Balaban J connectivity index is 1.07. The molecule has 50 heavy (non-hydrogen) atoms. The molecule has 1 atom stereocenters. The molecular weight excluding hydrogens is 629 g/mol. The van der Waals surface area contributed by atoms with E-state index in [9.17, 15) is 0 Å². The van der Waals surface area contributed by atoms with Crippen LogP contribution < -0.4 is 5.32 Å². The van der Waals surface area contributed by atoms with Crippen LogP contribution in [0.5, 0.6) is 0 Å². The van der Waals surface area contributed by atoms with Gasteiger partial charge in [-0.05, 0) is 53.1 Å². The van der Waals surface area contributed by atoms with Gasteiger partial charge in [0.25, 0.3) is 0 Å². The van der Waals surface area contributed by atoms with E-state index in [4.69, 9.17) is 9.98 Å². The maximum Gasteiger partial charge on any atom is 0.159 e. The van der Waals surface area contributed by atoms with Gasteiger partial charge in [-0.3, -0.25) is 0 Å². The molecule has 3 heterocycles. The highest BCUT2D eigenvalue weighted by Crippen LogP contribution is 2.41. The molecule has 0 saturated carbocycles. The Morgan fingerprint density at radius 2 is 1.20 bits per heavy atom. The van der Waals surface area contributed by atoms with Crippen LogP contribution in [0.3, 0.4) is 0 Å². The fourth-order valence-corrected chi connectivity index (χ4v) is 8.40. The lowest BCUT2D eigenvalue weighted by Crippen LogP contribution is -2.33. The molecular formula is C45H30N4S. The molecule has 0 spiro atoms. The van der Waals surface area contributed by atoms with Crippen LogP contribution in [0.15, 0.2) is 180 Å². The van der Waals surface area contributed by atoms with Crippen molar-refractivity contribution in [2.45, 2.75) is 6.17 Å². The van der Waals surface area contributed by atoms with Crippen molar-refractivity contribution < 1.29 is 0 Å². The zero-order chi connectivity index (χ0) is 33.0. The van der Waals surface area contributed by atoms with Gasteiger partial charge in [-0.1, -0.05) is 133 Å². The van der Waals surface area contributed by atoms with Crippen molar-refractivity contribution in [2.75, 3.05) is 0 Å². The minimum Gasteiger partial charge on any atom is -0.344 e. The summed E-state index contributed by atoms with van der Waals surface area (Å²) in [7, 11) is 0. The molecule has 236 valence electrons. The molecule has 5 heteroatoms. The van der Waals surface area contributed by atoms with Crippen LogP contribution >= 0.6 is 11.3 Å². The second kappa shape index (κ2) is 11.7. The predicted molar refractivity (Wildman–Crippen MR) is 211 cm³/mol. The summed E-state index contributed by atoms with van der Waals surface area (Å²) in [6.45, 7) is 0. The summed E-state index contributed by atoms with van der Waals surface area (Å²) in [5.74, 6) is 1.54. The number of hydrogen-bond donors (Lipinski definition) is 1. The second-order valence-electron chi connectivity index (χ2n) is 12.6. The minimum atomic E-state index is -0.271. The summed E-state index contributed by atoms with van der Waals surface area (Å²) in [6.07, 6.45) is -0.271. The quantitative estimate of drug-likeness (QED) is 0.196. The van der Waals surface area contributed by atoms with E-state index in [1.807, 2.05) is 47.7 Å². The Morgan fingerprint density at radius 1 is 0.520 bits per heavy atom. The fraction of sp³-hybridized carbons (Fsp3) is 0.0222. The minimum absolute atomic E-state index is 0.271. The summed E-state index contributed by atoms with van der Waals surface area (Å²) in [5.41, 5.74) is 9.06. The summed E-state index contributed by atoms with van der Waals surface area (Å²) in [5, 5.41) is 8.71. The van der Waals surface area contributed by atoms with Crippen molar-refractivity contribution in [3.63, 3.8) is 0 Å². The first-order valence-corrected chi connectivity index (χ1v) is 17.7. The van der Waals surface area contributed by atoms with Gasteiger partial charge in [0, 0.05) is 47.8 Å². The highest BCUT2D eigenvalue weighted by atomic mass is 32.1. The van der Waals surface area contributed by atoms with Gasteiger partial charge >= 0.3 is 0 Å². The Morgan fingerprint density at radius 3 is 2.02 bits per heavy atom. The zero-order valence-corrected chi connectivity index (χ0v) is 27.8. The molecule has 1 N–H and O–H groups in total. The van der Waals surface area contributed by atoms with Crippen LogP contribution in [-0.2, 0) is 0 Å². The van der Waals surface area contributed by atoms with Gasteiger partial charge in [0.1, 0.15) is 12.0 Å².